The highest BCUT2D eigenvalue weighted by molar-refractivity contribution is 6.02. The number of benzene rings is 2. The number of fused-ring (bicyclic) bond motifs is 1. The third-order valence-corrected chi connectivity index (χ3v) is 8.87. The summed E-state index contributed by atoms with van der Waals surface area (Å²) < 4.78 is 15.6. The van der Waals surface area contributed by atoms with Gasteiger partial charge in [-0.15, -0.1) is 0 Å². The maximum Gasteiger partial charge on any atom is 0.258 e. The number of carbonyl (C=O) groups excluding carboxylic acids is 1. The molecule has 1 N–H and O–H groups in total. The summed E-state index contributed by atoms with van der Waals surface area (Å²) in [5.74, 6) is 0.467. The van der Waals surface area contributed by atoms with E-state index in [0.717, 1.165) is 24.1 Å². The van der Waals surface area contributed by atoms with Crippen LogP contribution in [0.1, 0.15) is 64.4 Å². The molecule has 2 aromatic carbocycles. The Kier molecular flexibility index (Phi) is 5.00. The summed E-state index contributed by atoms with van der Waals surface area (Å²) in [4.78, 5) is 26.5. The Labute approximate surface area is 205 Å². The first kappa shape index (κ1) is 22.5. The molecule has 4 aliphatic carbocycles. The van der Waals surface area contributed by atoms with Gasteiger partial charge in [0.25, 0.3) is 5.56 Å². The number of anilines is 1. The predicted octanol–water partition coefficient (Wildman–Crippen LogP) is 6.51. The van der Waals surface area contributed by atoms with Crippen molar-refractivity contribution in [2.45, 2.75) is 65.3 Å². The van der Waals surface area contributed by atoms with Crippen LogP contribution in [-0.4, -0.2) is 10.5 Å². The van der Waals surface area contributed by atoms with Gasteiger partial charge in [0.05, 0.1) is 6.54 Å². The van der Waals surface area contributed by atoms with Crippen LogP contribution in [0.2, 0.25) is 0 Å². The molecule has 2 unspecified atom stereocenters. The van der Waals surface area contributed by atoms with Crippen molar-refractivity contribution < 1.29 is 9.18 Å². The predicted molar refractivity (Wildman–Crippen MR) is 137 cm³/mol. The highest BCUT2D eigenvalue weighted by Gasteiger charge is 2.60. The molecule has 1 heterocycles. The molecule has 35 heavy (non-hydrogen) atoms. The lowest BCUT2D eigenvalue weighted by Gasteiger charge is -2.65. The molecule has 4 aliphatic rings. The maximum absolute atomic E-state index is 14.1. The van der Waals surface area contributed by atoms with Gasteiger partial charge in [-0.25, -0.2) is 4.39 Å². The van der Waals surface area contributed by atoms with E-state index >= 15 is 0 Å². The Bertz CT molecular complexity index is 1370. The quantitative estimate of drug-likeness (QED) is 0.460. The normalized spacial score (nSPS) is 31.1. The van der Waals surface area contributed by atoms with Gasteiger partial charge in [0.1, 0.15) is 5.82 Å². The number of pyridine rings is 1. The summed E-state index contributed by atoms with van der Waals surface area (Å²) in [6, 6.07) is 13.8. The smallest absolute Gasteiger partial charge is 0.258 e. The molecule has 5 heteroatoms. The second-order valence-corrected chi connectivity index (χ2v) is 12.5. The third kappa shape index (κ3) is 3.99. The minimum Gasteiger partial charge on any atom is -0.325 e. The zero-order chi connectivity index (χ0) is 24.4. The minimum absolute atomic E-state index is 0.0437. The first-order valence-corrected chi connectivity index (χ1v) is 12.8. The van der Waals surface area contributed by atoms with Gasteiger partial charge in [0.15, 0.2) is 0 Å². The van der Waals surface area contributed by atoms with E-state index in [1.807, 2.05) is 12.1 Å². The topological polar surface area (TPSA) is 51.1 Å². The molecule has 0 saturated heterocycles. The number of amides is 1. The van der Waals surface area contributed by atoms with Crippen LogP contribution in [0.25, 0.3) is 10.8 Å². The second-order valence-electron chi connectivity index (χ2n) is 12.5. The molecule has 4 fully saturated rings. The lowest BCUT2D eigenvalue weighted by molar-refractivity contribution is -0.153. The van der Waals surface area contributed by atoms with Crippen LogP contribution in [-0.2, 0) is 11.3 Å². The third-order valence-electron chi connectivity index (χ3n) is 8.87. The molecule has 4 bridgehead atoms. The number of hydrogen-bond acceptors (Lipinski definition) is 2. The average Bonchev–Trinajstić information content (AvgIpc) is 2.74. The molecule has 3 aromatic rings. The van der Waals surface area contributed by atoms with Crippen LogP contribution in [0.3, 0.4) is 0 Å². The molecule has 1 aromatic heterocycles. The molecule has 0 spiro atoms. The summed E-state index contributed by atoms with van der Waals surface area (Å²) in [6.07, 6.45) is 9.63. The van der Waals surface area contributed by atoms with E-state index in [-0.39, 0.29) is 29.2 Å². The number of rotatable bonds is 5. The van der Waals surface area contributed by atoms with E-state index in [0.29, 0.717) is 33.9 Å². The SMILES string of the molecule is CC12CC3CC(C)(C1)CC(CC(=O)Nc1cccc4c(=O)n(Cc5ccccc5F)ccc14)(C3)C2. The summed E-state index contributed by atoms with van der Waals surface area (Å²) in [5.41, 5.74) is 1.79. The van der Waals surface area contributed by atoms with Gasteiger partial charge in [-0.2, -0.15) is 0 Å². The van der Waals surface area contributed by atoms with E-state index in [1.165, 1.54) is 36.3 Å². The fourth-order valence-electron chi connectivity index (χ4n) is 8.78. The highest BCUT2D eigenvalue weighted by atomic mass is 19.1. The van der Waals surface area contributed by atoms with Crippen molar-refractivity contribution in [2.24, 2.45) is 22.2 Å². The van der Waals surface area contributed by atoms with Crippen molar-refractivity contribution in [1.29, 1.82) is 0 Å². The fraction of sp³-hybridized carbons (Fsp3) is 0.467. The molecule has 1 amide bonds. The van der Waals surface area contributed by atoms with E-state index < -0.39 is 0 Å². The Hall–Kier alpha value is -2.95. The summed E-state index contributed by atoms with van der Waals surface area (Å²) >= 11 is 0. The van der Waals surface area contributed by atoms with Gasteiger partial charge in [-0.1, -0.05) is 38.1 Å². The fourth-order valence-corrected chi connectivity index (χ4v) is 8.78. The number of halogens is 1. The second kappa shape index (κ2) is 7.78. The first-order chi connectivity index (χ1) is 16.6. The average molecular weight is 473 g/mol. The van der Waals surface area contributed by atoms with Crippen molar-refractivity contribution in [2.75, 3.05) is 5.32 Å². The summed E-state index contributed by atoms with van der Waals surface area (Å²) in [6.45, 7) is 5.03. The lowest BCUT2D eigenvalue weighted by Crippen LogP contribution is -2.55. The number of nitrogens with zero attached hydrogens (tertiary/aromatic N) is 1. The molecule has 7 rings (SSSR count). The number of aromatic nitrogens is 1. The number of hydrogen-bond donors (Lipinski definition) is 1. The maximum atomic E-state index is 14.1. The van der Waals surface area contributed by atoms with Crippen LogP contribution in [0.5, 0.6) is 0 Å². The van der Waals surface area contributed by atoms with Crippen LogP contribution >= 0.6 is 0 Å². The van der Waals surface area contributed by atoms with Gasteiger partial charge in [0.2, 0.25) is 5.91 Å². The molecule has 4 nitrogen and oxygen atoms in total. The van der Waals surface area contributed by atoms with E-state index in [1.54, 1.807) is 36.5 Å². The minimum atomic E-state index is -0.326. The molecule has 4 saturated carbocycles. The zero-order valence-corrected chi connectivity index (χ0v) is 20.6. The van der Waals surface area contributed by atoms with Gasteiger partial charge >= 0.3 is 0 Å². The van der Waals surface area contributed by atoms with E-state index in [2.05, 4.69) is 19.2 Å². The largest absolute Gasteiger partial charge is 0.325 e. The van der Waals surface area contributed by atoms with Gasteiger partial charge in [0, 0.05) is 34.6 Å². The monoisotopic (exact) mass is 472 g/mol. The lowest BCUT2D eigenvalue weighted by atomic mass is 9.40. The summed E-state index contributed by atoms with van der Waals surface area (Å²) in [5, 5.41) is 4.39. The Balaban J connectivity index is 1.25. The Morgan fingerprint density at radius 2 is 1.71 bits per heavy atom. The molecule has 0 aliphatic heterocycles. The van der Waals surface area contributed by atoms with Crippen molar-refractivity contribution in [1.82, 2.24) is 4.57 Å². The van der Waals surface area contributed by atoms with Crippen LogP contribution in [0.4, 0.5) is 10.1 Å². The van der Waals surface area contributed by atoms with Crippen molar-refractivity contribution in [3.63, 3.8) is 0 Å². The van der Waals surface area contributed by atoms with Crippen LogP contribution in [0, 0.1) is 28.0 Å². The zero-order valence-electron chi connectivity index (χ0n) is 20.6. The molecular weight excluding hydrogens is 439 g/mol. The highest BCUT2D eigenvalue weighted by Crippen LogP contribution is 2.70. The van der Waals surface area contributed by atoms with Crippen molar-refractivity contribution >= 4 is 22.4 Å². The van der Waals surface area contributed by atoms with Crippen LogP contribution < -0.4 is 10.9 Å². The Morgan fingerprint density at radius 3 is 2.43 bits per heavy atom. The molecule has 182 valence electrons. The number of carbonyl (C=O) groups is 1. The molecular formula is C30H33FN2O2. The van der Waals surface area contributed by atoms with Crippen LogP contribution in [0.15, 0.2) is 59.5 Å². The summed E-state index contributed by atoms with van der Waals surface area (Å²) in [7, 11) is 0. The van der Waals surface area contributed by atoms with Gasteiger partial charge in [-0.05, 0) is 85.0 Å². The van der Waals surface area contributed by atoms with Gasteiger partial charge < -0.3 is 9.88 Å². The first-order valence-electron chi connectivity index (χ1n) is 12.8. The van der Waals surface area contributed by atoms with Crippen molar-refractivity contribution in [3.8, 4) is 0 Å². The Morgan fingerprint density at radius 1 is 0.971 bits per heavy atom. The number of nitrogens with one attached hydrogen (secondary N) is 1. The van der Waals surface area contributed by atoms with E-state index in [9.17, 15) is 14.0 Å². The standard InChI is InChI=1S/C30H33FN2O2/c1-28-12-20-13-29(2,17-28)19-30(14-20,18-28)15-26(34)32-25-9-5-7-23-22(25)10-11-33(27(23)35)16-21-6-3-4-8-24(21)31/h3-11,20H,12-19H2,1-2H3,(H,32,34). The molecule has 2 atom stereocenters. The van der Waals surface area contributed by atoms with Crippen molar-refractivity contribution in [3.05, 3.63) is 76.5 Å². The van der Waals surface area contributed by atoms with E-state index in [4.69, 9.17) is 0 Å². The molecule has 0 radical (unpaired) electrons. The van der Waals surface area contributed by atoms with Gasteiger partial charge in [-0.3, -0.25) is 9.59 Å².